The molecule has 1 heteroatoms. The van der Waals surface area contributed by atoms with Crippen LogP contribution in [0.5, 0.6) is 0 Å². The minimum Gasteiger partial charge on any atom is -0.289 e. The van der Waals surface area contributed by atoms with Gasteiger partial charge in [0.25, 0.3) is 0 Å². The topological polar surface area (TPSA) is 0 Å². The molecule has 0 bridgehead atoms. The van der Waals surface area contributed by atoms with Crippen LogP contribution in [0.4, 0.5) is 5.69 Å². The van der Waals surface area contributed by atoms with Gasteiger partial charge in [-0.25, -0.2) is 0 Å². The second-order valence-electron chi connectivity index (χ2n) is 7.07. The summed E-state index contributed by atoms with van der Waals surface area (Å²) in [7, 11) is 2.54. The van der Waals surface area contributed by atoms with Crippen molar-refractivity contribution in [3.63, 3.8) is 0 Å². The summed E-state index contributed by atoms with van der Waals surface area (Å²) in [6.07, 6.45) is 14.4. The van der Waals surface area contributed by atoms with E-state index >= 15 is 0 Å². The van der Waals surface area contributed by atoms with Crippen LogP contribution in [0.1, 0.15) is 64.2 Å². The Labute approximate surface area is 124 Å². The Morgan fingerprint density at radius 3 is 1.60 bits per heavy atom. The van der Waals surface area contributed by atoms with E-state index in [4.69, 9.17) is 0 Å². The van der Waals surface area contributed by atoms with Crippen molar-refractivity contribution in [1.82, 2.24) is 4.48 Å². The molecule has 0 unspecified atom stereocenters. The molecule has 1 aromatic carbocycles. The van der Waals surface area contributed by atoms with E-state index in [1.165, 1.54) is 68.7 Å². The minimum atomic E-state index is 0.856. The molecule has 0 saturated heterocycles. The Bertz CT molecular complexity index is 381. The summed E-state index contributed by atoms with van der Waals surface area (Å²) >= 11 is 0. The van der Waals surface area contributed by atoms with Crippen LogP contribution in [0.3, 0.4) is 0 Å². The van der Waals surface area contributed by atoms with Gasteiger partial charge in [0.05, 0.1) is 19.1 Å². The van der Waals surface area contributed by atoms with Gasteiger partial charge in [0.15, 0.2) is 0 Å². The fraction of sp³-hybridized carbons (Fsp3) is 0.684. The van der Waals surface area contributed by atoms with Gasteiger partial charge in [0.1, 0.15) is 5.69 Å². The third-order valence-electron chi connectivity index (χ3n) is 5.98. The van der Waals surface area contributed by atoms with Crippen molar-refractivity contribution in [2.24, 2.45) is 0 Å². The van der Waals surface area contributed by atoms with Crippen LogP contribution in [-0.2, 0) is 0 Å². The molecular formula is C19H30N+. The van der Waals surface area contributed by atoms with E-state index in [2.05, 4.69) is 37.4 Å². The van der Waals surface area contributed by atoms with Crippen molar-refractivity contribution in [2.45, 2.75) is 76.3 Å². The number of nitrogens with zero attached hydrogens (tertiary/aromatic N) is 1. The SMILES string of the molecule is C[N+](c1ccccc1)(C1CCCCC1)C1CCCCC1. The molecule has 0 aliphatic heterocycles. The van der Waals surface area contributed by atoms with Gasteiger partial charge in [0, 0.05) is 0 Å². The molecule has 2 aliphatic rings. The van der Waals surface area contributed by atoms with E-state index in [0.717, 1.165) is 12.1 Å². The number of hydrogen-bond acceptors (Lipinski definition) is 0. The highest BCUT2D eigenvalue weighted by Crippen LogP contribution is 2.39. The summed E-state index contributed by atoms with van der Waals surface area (Å²) in [4.78, 5) is 0. The predicted molar refractivity (Wildman–Crippen MR) is 87.9 cm³/mol. The molecule has 0 atom stereocenters. The van der Waals surface area contributed by atoms with Crippen LogP contribution >= 0.6 is 0 Å². The first kappa shape index (κ1) is 14.1. The number of para-hydroxylation sites is 1. The van der Waals surface area contributed by atoms with E-state index < -0.39 is 0 Å². The summed E-state index contributed by atoms with van der Waals surface area (Å²) in [5, 5.41) is 0. The average Bonchev–Trinajstić information content (AvgIpc) is 2.56. The lowest BCUT2D eigenvalue weighted by molar-refractivity contribution is 0.114. The summed E-state index contributed by atoms with van der Waals surface area (Å²) in [6.45, 7) is 0. The Balaban J connectivity index is 1.92. The maximum Gasteiger partial charge on any atom is 0.133 e. The van der Waals surface area contributed by atoms with Crippen LogP contribution in [0.25, 0.3) is 0 Å². The van der Waals surface area contributed by atoms with Crippen LogP contribution in [0, 0.1) is 0 Å². The molecule has 0 radical (unpaired) electrons. The maximum atomic E-state index is 2.54. The van der Waals surface area contributed by atoms with E-state index in [0.29, 0.717) is 0 Å². The van der Waals surface area contributed by atoms with Gasteiger partial charge in [-0.15, -0.1) is 0 Å². The van der Waals surface area contributed by atoms with Gasteiger partial charge in [-0.1, -0.05) is 31.0 Å². The highest BCUT2D eigenvalue weighted by molar-refractivity contribution is 5.44. The number of quaternary nitrogens is 1. The fourth-order valence-electron chi connectivity index (χ4n) is 4.70. The zero-order chi connectivity index (χ0) is 13.8. The molecule has 0 heterocycles. The number of benzene rings is 1. The van der Waals surface area contributed by atoms with Gasteiger partial charge < -0.3 is 0 Å². The van der Waals surface area contributed by atoms with Gasteiger partial charge in [-0.05, 0) is 63.5 Å². The van der Waals surface area contributed by atoms with E-state index in [1.807, 2.05) is 0 Å². The van der Waals surface area contributed by atoms with Gasteiger partial charge in [-0.3, -0.25) is 4.48 Å². The van der Waals surface area contributed by atoms with Crippen LogP contribution in [0.15, 0.2) is 30.3 Å². The van der Waals surface area contributed by atoms with Crippen molar-refractivity contribution < 1.29 is 0 Å². The Hall–Kier alpha value is -0.820. The average molecular weight is 272 g/mol. The van der Waals surface area contributed by atoms with Gasteiger partial charge in [-0.2, -0.15) is 0 Å². The molecule has 2 saturated carbocycles. The van der Waals surface area contributed by atoms with Crippen molar-refractivity contribution in [2.75, 3.05) is 7.05 Å². The van der Waals surface area contributed by atoms with Crippen molar-refractivity contribution in [3.05, 3.63) is 30.3 Å². The normalized spacial score (nSPS) is 22.9. The summed E-state index contributed by atoms with van der Waals surface area (Å²) in [6, 6.07) is 13.1. The molecule has 0 spiro atoms. The maximum absolute atomic E-state index is 2.54. The van der Waals surface area contributed by atoms with Crippen LogP contribution < -0.4 is 4.48 Å². The van der Waals surface area contributed by atoms with Crippen LogP contribution in [-0.4, -0.2) is 19.1 Å². The first-order valence-corrected chi connectivity index (χ1v) is 8.73. The zero-order valence-corrected chi connectivity index (χ0v) is 13.1. The summed E-state index contributed by atoms with van der Waals surface area (Å²) in [5.41, 5.74) is 1.56. The summed E-state index contributed by atoms with van der Waals surface area (Å²) in [5.74, 6) is 0. The van der Waals surface area contributed by atoms with Crippen molar-refractivity contribution >= 4 is 5.69 Å². The zero-order valence-electron chi connectivity index (χ0n) is 13.1. The molecule has 2 aliphatic carbocycles. The largest absolute Gasteiger partial charge is 0.289 e. The van der Waals surface area contributed by atoms with Gasteiger partial charge in [0.2, 0.25) is 0 Å². The Kier molecular flexibility index (Phi) is 4.45. The minimum absolute atomic E-state index is 0.856. The van der Waals surface area contributed by atoms with Crippen molar-refractivity contribution in [1.29, 1.82) is 0 Å². The smallest absolute Gasteiger partial charge is 0.133 e. The highest BCUT2D eigenvalue weighted by atomic mass is 15.4. The second kappa shape index (κ2) is 6.30. The lowest BCUT2D eigenvalue weighted by Gasteiger charge is -2.49. The third kappa shape index (κ3) is 2.65. The molecule has 3 rings (SSSR count). The lowest BCUT2D eigenvalue weighted by atomic mass is 9.85. The molecule has 0 aromatic heterocycles. The predicted octanol–water partition coefficient (Wildman–Crippen LogP) is 5.29. The lowest BCUT2D eigenvalue weighted by Crippen LogP contribution is -2.61. The third-order valence-corrected chi connectivity index (χ3v) is 5.98. The quantitative estimate of drug-likeness (QED) is 0.656. The van der Waals surface area contributed by atoms with E-state index in [9.17, 15) is 0 Å². The monoisotopic (exact) mass is 272 g/mol. The number of hydrogen-bond donors (Lipinski definition) is 0. The van der Waals surface area contributed by atoms with E-state index in [-0.39, 0.29) is 0 Å². The second-order valence-corrected chi connectivity index (χ2v) is 7.07. The Morgan fingerprint density at radius 1 is 0.700 bits per heavy atom. The number of rotatable bonds is 3. The van der Waals surface area contributed by atoms with Crippen molar-refractivity contribution in [3.8, 4) is 0 Å². The van der Waals surface area contributed by atoms with E-state index in [1.54, 1.807) is 5.69 Å². The molecule has 110 valence electrons. The molecule has 2 fully saturated rings. The Morgan fingerprint density at radius 2 is 1.15 bits per heavy atom. The molecule has 20 heavy (non-hydrogen) atoms. The van der Waals surface area contributed by atoms with Gasteiger partial charge >= 0.3 is 0 Å². The molecule has 0 N–H and O–H groups in total. The summed E-state index contributed by atoms with van der Waals surface area (Å²) < 4.78 is 1.22. The standard InChI is InChI=1S/C19H30N/c1-20(17-11-5-2-6-12-17,18-13-7-3-8-14-18)19-15-9-4-10-16-19/h2,5-6,11-12,18-19H,3-4,7-10,13-16H2,1H3/q+1. The first-order chi connectivity index (χ1) is 9.82. The highest BCUT2D eigenvalue weighted by Gasteiger charge is 2.42. The fourth-order valence-corrected chi connectivity index (χ4v) is 4.70. The molecule has 1 aromatic rings. The first-order valence-electron chi connectivity index (χ1n) is 8.73. The van der Waals surface area contributed by atoms with Crippen LogP contribution in [0.2, 0.25) is 0 Å². The molecule has 1 nitrogen and oxygen atoms in total. The molecular weight excluding hydrogens is 242 g/mol. The molecule has 0 amide bonds.